The quantitative estimate of drug-likeness (QED) is 0.220. The number of hydrogen-bond acceptors (Lipinski definition) is 8. The van der Waals surface area contributed by atoms with Crippen molar-refractivity contribution < 1.29 is 45.3 Å². The van der Waals surface area contributed by atoms with Crippen molar-refractivity contribution in [2.45, 2.75) is 30.5 Å². The van der Waals surface area contributed by atoms with Gasteiger partial charge in [-0.1, -0.05) is 0 Å². The predicted molar refractivity (Wildman–Crippen MR) is 49.8 cm³/mol. The van der Waals surface area contributed by atoms with Crippen molar-refractivity contribution in [3.8, 4) is 0 Å². The average molecular weight is 254 g/mol. The molecule has 0 aromatic carbocycles. The number of hydrogen-bond donors (Lipinski definition) is 7. The Bertz CT molecular complexity index is 278. The van der Waals surface area contributed by atoms with E-state index in [1.54, 1.807) is 0 Å². The highest BCUT2D eigenvalue weighted by atomic mass is 16.4. The van der Waals surface area contributed by atoms with E-state index in [0.29, 0.717) is 0 Å². The maximum absolute atomic E-state index is 10.7. The van der Waals surface area contributed by atoms with Crippen molar-refractivity contribution >= 4 is 11.8 Å². The first-order valence-electron chi connectivity index (χ1n) is 4.52. The molecule has 9 nitrogen and oxygen atoms in total. The standard InChI is InChI=1S/C8H14O9/c9-1-2(10)3(11)4(12)5(13)6(14)7(15)8(16)17/h2-6,9-14H,1H2,(H,16,17)/t2-,3-,4+,5+,6+/m1/s1. The van der Waals surface area contributed by atoms with Gasteiger partial charge >= 0.3 is 5.97 Å². The number of Topliss-reactive ketones (excluding diaryl/α,β-unsaturated/α-hetero) is 1. The van der Waals surface area contributed by atoms with Crippen molar-refractivity contribution in [2.24, 2.45) is 0 Å². The fraction of sp³-hybridized carbons (Fsp3) is 0.750. The summed E-state index contributed by atoms with van der Waals surface area (Å²) in [6.45, 7) is -0.937. The molecule has 0 radical (unpaired) electrons. The molecule has 0 fully saturated rings. The van der Waals surface area contributed by atoms with Crippen LogP contribution in [0.4, 0.5) is 0 Å². The number of aliphatic hydroxyl groups excluding tert-OH is 6. The SMILES string of the molecule is O=C(O)C(=O)[C@@H](O)[C@@H](O)[C@@H](O)[C@H](O)[C@H](O)CO. The molecule has 0 rings (SSSR count). The molecule has 0 saturated carbocycles. The highest BCUT2D eigenvalue weighted by Crippen LogP contribution is 2.09. The molecule has 0 heterocycles. The van der Waals surface area contributed by atoms with Crippen molar-refractivity contribution in [3.05, 3.63) is 0 Å². The van der Waals surface area contributed by atoms with Crippen LogP contribution in [0.25, 0.3) is 0 Å². The third kappa shape index (κ3) is 4.00. The van der Waals surface area contributed by atoms with Crippen LogP contribution in [0.1, 0.15) is 0 Å². The molecule has 100 valence electrons. The smallest absolute Gasteiger partial charge is 0.375 e. The zero-order valence-electron chi connectivity index (χ0n) is 8.54. The van der Waals surface area contributed by atoms with Gasteiger partial charge in [0.25, 0.3) is 5.78 Å². The second-order valence-corrected chi connectivity index (χ2v) is 3.34. The van der Waals surface area contributed by atoms with E-state index in [0.717, 1.165) is 0 Å². The molecule has 0 amide bonds. The van der Waals surface area contributed by atoms with E-state index in [-0.39, 0.29) is 0 Å². The Labute approximate surface area is 95.2 Å². The fourth-order valence-corrected chi connectivity index (χ4v) is 1.01. The lowest BCUT2D eigenvalue weighted by molar-refractivity contribution is -0.166. The molecule has 0 unspecified atom stereocenters. The molecule has 5 atom stereocenters. The van der Waals surface area contributed by atoms with E-state index in [1.807, 2.05) is 0 Å². The van der Waals surface area contributed by atoms with Crippen LogP contribution >= 0.6 is 0 Å². The van der Waals surface area contributed by atoms with Gasteiger partial charge in [0.1, 0.15) is 24.4 Å². The molecule has 0 spiro atoms. The van der Waals surface area contributed by atoms with Crippen molar-refractivity contribution in [1.29, 1.82) is 0 Å². The second kappa shape index (κ2) is 6.59. The molecule has 7 N–H and O–H groups in total. The zero-order chi connectivity index (χ0) is 13.7. The first kappa shape index (κ1) is 15.9. The minimum absolute atomic E-state index is 0.937. The lowest BCUT2D eigenvalue weighted by Gasteiger charge is -2.27. The first-order valence-corrected chi connectivity index (χ1v) is 4.52. The Balaban J connectivity index is 4.64. The highest BCUT2D eigenvalue weighted by Gasteiger charge is 2.38. The summed E-state index contributed by atoms with van der Waals surface area (Å²) < 4.78 is 0. The van der Waals surface area contributed by atoms with Gasteiger partial charge in [-0.05, 0) is 0 Å². The fourth-order valence-electron chi connectivity index (χ4n) is 1.01. The normalized spacial score (nSPS) is 20.1. The number of carbonyl (C=O) groups excluding carboxylic acids is 1. The van der Waals surface area contributed by atoms with Gasteiger partial charge in [-0.25, -0.2) is 4.79 Å². The highest BCUT2D eigenvalue weighted by molar-refractivity contribution is 6.34. The molecular weight excluding hydrogens is 240 g/mol. The Kier molecular flexibility index (Phi) is 6.16. The van der Waals surface area contributed by atoms with E-state index >= 15 is 0 Å². The van der Waals surface area contributed by atoms with Gasteiger partial charge in [0.15, 0.2) is 6.10 Å². The Morgan fingerprint density at radius 2 is 1.35 bits per heavy atom. The molecule has 17 heavy (non-hydrogen) atoms. The van der Waals surface area contributed by atoms with Gasteiger partial charge in [-0.3, -0.25) is 4.79 Å². The summed E-state index contributed by atoms with van der Waals surface area (Å²) in [5.41, 5.74) is 0. The van der Waals surface area contributed by atoms with E-state index < -0.39 is 48.9 Å². The minimum atomic E-state index is -2.46. The summed E-state index contributed by atoms with van der Waals surface area (Å²) >= 11 is 0. The van der Waals surface area contributed by atoms with E-state index in [4.69, 9.17) is 25.5 Å². The summed E-state index contributed by atoms with van der Waals surface area (Å²) in [4.78, 5) is 20.9. The van der Waals surface area contributed by atoms with Gasteiger partial charge in [-0.15, -0.1) is 0 Å². The van der Waals surface area contributed by atoms with Crippen molar-refractivity contribution in [1.82, 2.24) is 0 Å². The average Bonchev–Trinajstić information content (AvgIpc) is 2.32. The van der Waals surface area contributed by atoms with Crippen LogP contribution in [0, 0.1) is 0 Å². The first-order chi connectivity index (χ1) is 7.73. The lowest BCUT2D eigenvalue weighted by Crippen LogP contribution is -2.52. The minimum Gasteiger partial charge on any atom is -0.475 e. The molecule has 0 aliphatic rings. The molecule has 0 aromatic heterocycles. The molecule has 0 aliphatic carbocycles. The van der Waals surface area contributed by atoms with Crippen molar-refractivity contribution in [2.75, 3.05) is 6.61 Å². The number of aliphatic carboxylic acids is 1. The number of carboxylic acid groups (broad SMARTS) is 1. The van der Waals surface area contributed by atoms with Crippen LogP contribution < -0.4 is 0 Å². The Morgan fingerprint density at radius 1 is 0.882 bits per heavy atom. The van der Waals surface area contributed by atoms with Gasteiger partial charge < -0.3 is 35.7 Å². The van der Waals surface area contributed by atoms with Gasteiger partial charge in [0, 0.05) is 0 Å². The van der Waals surface area contributed by atoms with Crippen molar-refractivity contribution in [3.63, 3.8) is 0 Å². The van der Waals surface area contributed by atoms with E-state index in [1.165, 1.54) is 0 Å². The Hall–Kier alpha value is -1.10. The summed E-state index contributed by atoms with van der Waals surface area (Å²) in [5, 5.41) is 62.2. The van der Waals surface area contributed by atoms with Crippen LogP contribution in [0.3, 0.4) is 0 Å². The maximum Gasteiger partial charge on any atom is 0.375 e. The summed E-state index contributed by atoms with van der Waals surface area (Å²) in [7, 11) is 0. The van der Waals surface area contributed by atoms with Crippen LogP contribution in [0.15, 0.2) is 0 Å². The van der Waals surface area contributed by atoms with Crippen LogP contribution in [-0.2, 0) is 9.59 Å². The lowest BCUT2D eigenvalue weighted by atomic mass is 9.97. The molecule has 0 bridgehead atoms. The van der Waals surface area contributed by atoms with Gasteiger partial charge in [-0.2, -0.15) is 0 Å². The number of rotatable bonds is 7. The van der Waals surface area contributed by atoms with Crippen LogP contribution in [-0.4, -0.2) is 84.6 Å². The number of aliphatic hydroxyl groups is 6. The van der Waals surface area contributed by atoms with Gasteiger partial charge in [0.2, 0.25) is 0 Å². The largest absolute Gasteiger partial charge is 0.475 e. The second-order valence-electron chi connectivity index (χ2n) is 3.34. The summed E-state index contributed by atoms with van der Waals surface area (Å²) in [6.07, 6.45) is -10.8. The molecule has 0 aromatic rings. The zero-order valence-corrected chi connectivity index (χ0v) is 8.54. The number of ketones is 1. The third-order valence-electron chi connectivity index (χ3n) is 2.08. The molecule has 0 aliphatic heterocycles. The predicted octanol–water partition coefficient (Wildman–Crippen LogP) is -4.56. The Morgan fingerprint density at radius 3 is 1.71 bits per heavy atom. The third-order valence-corrected chi connectivity index (χ3v) is 2.08. The summed E-state index contributed by atoms with van der Waals surface area (Å²) in [6, 6.07) is 0. The molecule has 9 heteroatoms. The van der Waals surface area contributed by atoms with E-state index in [9.17, 15) is 19.8 Å². The maximum atomic E-state index is 10.7. The van der Waals surface area contributed by atoms with Crippen LogP contribution in [0.2, 0.25) is 0 Å². The number of carbonyl (C=O) groups is 2. The molecular formula is C8H14O9. The topological polar surface area (TPSA) is 176 Å². The van der Waals surface area contributed by atoms with Crippen LogP contribution in [0.5, 0.6) is 0 Å². The van der Waals surface area contributed by atoms with Gasteiger partial charge in [0.05, 0.1) is 6.61 Å². The monoisotopic (exact) mass is 254 g/mol. The number of carboxylic acids is 1. The van der Waals surface area contributed by atoms with E-state index in [2.05, 4.69) is 0 Å². The molecule has 0 saturated heterocycles. The summed E-state index contributed by atoms with van der Waals surface area (Å²) in [5.74, 6) is -3.80.